The van der Waals surface area contributed by atoms with Crippen LogP contribution < -0.4 is 4.90 Å². The fraction of sp³-hybridized carbons (Fsp3) is 0.727. The molecule has 1 aromatic heterocycles. The van der Waals surface area contributed by atoms with Crippen LogP contribution >= 0.6 is 24.0 Å². The van der Waals surface area contributed by atoms with Crippen LogP contribution in [0.15, 0.2) is 0 Å². The maximum absolute atomic E-state index is 4.72. The molecule has 0 unspecified atom stereocenters. The summed E-state index contributed by atoms with van der Waals surface area (Å²) >= 11 is 6.15. The summed E-state index contributed by atoms with van der Waals surface area (Å²) in [6, 6.07) is 0. The minimum atomic E-state index is 0.493. The van der Waals surface area contributed by atoms with Gasteiger partial charge in [0.15, 0.2) is 5.13 Å². The fourth-order valence-electron chi connectivity index (χ4n) is 1.54. The second kappa shape index (κ2) is 5.75. The van der Waals surface area contributed by atoms with Gasteiger partial charge in [0.1, 0.15) is 0 Å². The van der Waals surface area contributed by atoms with Crippen molar-refractivity contribution in [3.63, 3.8) is 0 Å². The molecule has 1 rings (SSSR count). The number of rotatable bonds is 5. The molecule has 0 bridgehead atoms. The molecular formula is C11H20N2S2. The van der Waals surface area contributed by atoms with E-state index in [1.54, 1.807) is 11.3 Å². The maximum Gasteiger partial charge on any atom is 0.185 e. The van der Waals surface area contributed by atoms with Gasteiger partial charge in [-0.3, -0.25) is 0 Å². The summed E-state index contributed by atoms with van der Waals surface area (Å²) in [5, 5.41) is 1.15. The molecule has 0 spiro atoms. The summed E-state index contributed by atoms with van der Waals surface area (Å²) in [7, 11) is 0. The van der Waals surface area contributed by atoms with Crippen LogP contribution in [0.25, 0.3) is 0 Å². The van der Waals surface area contributed by atoms with Crippen molar-refractivity contribution in [3.05, 3.63) is 10.6 Å². The molecule has 0 aliphatic rings. The standard InChI is InChI=1S/C11H20N2S2/c1-5-13(6-2)11-12-10(8(3)4)9(7-14)15-11/h8,14H,5-7H2,1-4H3. The molecule has 0 atom stereocenters. The Morgan fingerprint density at radius 2 is 1.93 bits per heavy atom. The van der Waals surface area contributed by atoms with Gasteiger partial charge < -0.3 is 4.90 Å². The molecule has 0 fully saturated rings. The van der Waals surface area contributed by atoms with Crippen LogP contribution in [-0.4, -0.2) is 18.1 Å². The van der Waals surface area contributed by atoms with Gasteiger partial charge in [-0.25, -0.2) is 4.98 Å². The lowest BCUT2D eigenvalue weighted by molar-refractivity contribution is 0.805. The highest BCUT2D eigenvalue weighted by atomic mass is 32.1. The number of anilines is 1. The van der Waals surface area contributed by atoms with Crippen LogP contribution in [0.3, 0.4) is 0 Å². The Morgan fingerprint density at radius 3 is 2.27 bits per heavy atom. The smallest absolute Gasteiger partial charge is 0.185 e. The first-order chi connectivity index (χ1) is 7.13. The molecule has 1 heterocycles. The molecule has 0 saturated heterocycles. The third kappa shape index (κ3) is 2.88. The van der Waals surface area contributed by atoms with Crippen LogP contribution in [0, 0.1) is 0 Å². The van der Waals surface area contributed by atoms with Crippen molar-refractivity contribution in [3.8, 4) is 0 Å². The largest absolute Gasteiger partial charge is 0.349 e. The quantitative estimate of drug-likeness (QED) is 0.797. The molecule has 0 amide bonds. The van der Waals surface area contributed by atoms with Crippen molar-refractivity contribution in [1.82, 2.24) is 4.98 Å². The molecule has 0 aromatic carbocycles. The predicted molar refractivity (Wildman–Crippen MR) is 72.5 cm³/mol. The number of thiazole rings is 1. The highest BCUT2D eigenvalue weighted by Crippen LogP contribution is 2.31. The SMILES string of the molecule is CCN(CC)c1nc(C(C)C)c(CS)s1. The lowest BCUT2D eigenvalue weighted by Gasteiger charge is -2.16. The number of hydrogen-bond donors (Lipinski definition) is 1. The van der Waals surface area contributed by atoms with Crippen molar-refractivity contribution >= 4 is 29.1 Å². The molecule has 0 aliphatic carbocycles. The predicted octanol–water partition coefficient (Wildman–Crippen LogP) is 3.54. The van der Waals surface area contributed by atoms with Gasteiger partial charge in [0.2, 0.25) is 0 Å². The van der Waals surface area contributed by atoms with E-state index in [0.29, 0.717) is 5.92 Å². The second-order valence-corrected chi connectivity index (χ2v) is 5.17. The zero-order valence-electron chi connectivity index (χ0n) is 9.95. The zero-order valence-corrected chi connectivity index (χ0v) is 11.7. The average molecular weight is 244 g/mol. The molecule has 15 heavy (non-hydrogen) atoms. The van der Waals surface area contributed by atoms with E-state index in [9.17, 15) is 0 Å². The van der Waals surface area contributed by atoms with Gasteiger partial charge in [-0.2, -0.15) is 12.6 Å². The molecule has 86 valence electrons. The summed E-state index contributed by atoms with van der Waals surface area (Å²) in [6.45, 7) is 10.8. The van der Waals surface area contributed by atoms with E-state index in [-0.39, 0.29) is 0 Å². The van der Waals surface area contributed by atoms with Crippen LogP contribution in [-0.2, 0) is 5.75 Å². The molecule has 0 N–H and O–H groups in total. The number of aromatic nitrogens is 1. The van der Waals surface area contributed by atoms with Gasteiger partial charge in [-0.1, -0.05) is 13.8 Å². The van der Waals surface area contributed by atoms with Gasteiger partial charge in [-0.15, -0.1) is 11.3 Å². The van der Waals surface area contributed by atoms with Gasteiger partial charge >= 0.3 is 0 Å². The first-order valence-electron chi connectivity index (χ1n) is 5.49. The van der Waals surface area contributed by atoms with E-state index in [2.05, 4.69) is 45.2 Å². The molecule has 0 aliphatic heterocycles. The topological polar surface area (TPSA) is 16.1 Å². The Bertz CT molecular complexity index is 304. The minimum Gasteiger partial charge on any atom is -0.349 e. The fourth-order valence-corrected chi connectivity index (χ4v) is 3.10. The second-order valence-electron chi connectivity index (χ2n) is 3.79. The van der Waals surface area contributed by atoms with E-state index in [1.807, 2.05) is 0 Å². The van der Waals surface area contributed by atoms with Gasteiger partial charge in [0.25, 0.3) is 0 Å². The Morgan fingerprint density at radius 1 is 1.33 bits per heavy atom. The number of hydrogen-bond acceptors (Lipinski definition) is 4. The maximum atomic E-state index is 4.72. The summed E-state index contributed by atoms with van der Waals surface area (Å²) in [5.74, 6) is 1.29. The van der Waals surface area contributed by atoms with Crippen molar-refractivity contribution in [1.29, 1.82) is 0 Å². The van der Waals surface area contributed by atoms with Crippen LogP contribution in [0.5, 0.6) is 0 Å². The Hall–Kier alpha value is -0.220. The van der Waals surface area contributed by atoms with Crippen LogP contribution in [0.2, 0.25) is 0 Å². The first kappa shape index (κ1) is 12.8. The third-order valence-corrected chi connectivity index (χ3v) is 4.10. The monoisotopic (exact) mass is 244 g/mol. The molecule has 1 aromatic rings. The van der Waals surface area contributed by atoms with E-state index in [4.69, 9.17) is 4.98 Å². The number of nitrogens with zero attached hydrogens (tertiary/aromatic N) is 2. The summed E-state index contributed by atoms with van der Waals surface area (Å²) in [4.78, 5) is 8.33. The molecule has 0 saturated carbocycles. The van der Waals surface area contributed by atoms with Crippen molar-refractivity contribution in [2.75, 3.05) is 18.0 Å². The van der Waals surface area contributed by atoms with E-state index < -0.39 is 0 Å². The third-order valence-electron chi connectivity index (χ3n) is 2.44. The Labute approximate surface area is 102 Å². The average Bonchev–Trinajstić information content (AvgIpc) is 2.64. The zero-order chi connectivity index (χ0) is 11.4. The van der Waals surface area contributed by atoms with Gasteiger partial charge in [0.05, 0.1) is 5.69 Å². The molecule has 4 heteroatoms. The van der Waals surface area contributed by atoms with E-state index in [1.165, 1.54) is 10.6 Å². The normalized spacial score (nSPS) is 11.1. The summed E-state index contributed by atoms with van der Waals surface area (Å²) in [5.41, 5.74) is 1.22. The van der Waals surface area contributed by atoms with Crippen LogP contribution in [0.4, 0.5) is 5.13 Å². The van der Waals surface area contributed by atoms with Gasteiger partial charge in [-0.05, 0) is 19.8 Å². The summed E-state index contributed by atoms with van der Waals surface area (Å²) in [6.07, 6.45) is 0. The van der Waals surface area contributed by atoms with Gasteiger partial charge in [0, 0.05) is 23.7 Å². The lowest BCUT2D eigenvalue weighted by Crippen LogP contribution is -2.21. The van der Waals surface area contributed by atoms with Crippen LogP contribution in [0.1, 0.15) is 44.2 Å². The lowest BCUT2D eigenvalue weighted by atomic mass is 10.1. The van der Waals surface area contributed by atoms with Crippen molar-refractivity contribution in [2.24, 2.45) is 0 Å². The minimum absolute atomic E-state index is 0.493. The van der Waals surface area contributed by atoms with E-state index in [0.717, 1.165) is 24.0 Å². The molecule has 2 nitrogen and oxygen atoms in total. The van der Waals surface area contributed by atoms with Crippen molar-refractivity contribution < 1.29 is 0 Å². The summed E-state index contributed by atoms with van der Waals surface area (Å²) < 4.78 is 0. The molecule has 0 radical (unpaired) electrons. The number of thiol groups is 1. The Balaban J connectivity index is 3.01. The van der Waals surface area contributed by atoms with Crippen molar-refractivity contribution in [2.45, 2.75) is 39.4 Å². The first-order valence-corrected chi connectivity index (χ1v) is 6.94. The molecular weight excluding hydrogens is 224 g/mol. The van der Waals surface area contributed by atoms with E-state index >= 15 is 0 Å². The Kier molecular flexibility index (Phi) is 4.93. The highest BCUT2D eigenvalue weighted by molar-refractivity contribution is 7.79. The highest BCUT2D eigenvalue weighted by Gasteiger charge is 2.15.